The maximum Gasteiger partial charge on any atom is 0.225 e. The van der Waals surface area contributed by atoms with Crippen molar-refractivity contribution in [2.45, 2.75) is 25.9 Å². The predicted molar refractivity (Wildman–Crippen MR) is 70.4 cm³/mol. The lowest BCUT2D eigenvalue weighted by molar-refractivity contribution is -0.133. The molecule has 1 rings (SSSR count). The molecule has 0 aliphatic heterocycles. The van der Waals surface area contributed by atoms with Gasteiger partial charge >= 0.3 is 0 Å². The smallest absolute Gasteiger partial charge is 0.225 e. The van der Waals surface area contributed by atoms with Crippen molar-refractivity contribution in [3.05, 3.63) is 30.1 Å². The van der Waals surface area contributed by atoms with Gasteiger partial charge in [-0.3, -0.25) is 4.79 Å². The number of carbonyl (C=O) groups excluding carboxylic acids is 1. The molecule has 0 aromatic heterocycles. The zero-order valence-corrected chi connectivity index (χ0v) is 11.5. The third-order valence-electron chi connectivity index (χ3n) is 2.46. The highest BCUT2D eigenvalue weighted by Gasteiger charge is 2.19. The highest BCUT2D eigenvalue weighted by Crippen LogP contribution is 2.15. The first-order chi connectivity index (χ1) is 8.79. The standard InChI is InChI=1S/C14H20FNO3/c1-14(2,18)10-16(3)13(17)8-9-19-12-7-5-4-6-11(12)15/h4-7,18H,8-10H2,1-3H3. The van der Waals surface area contributed by atoms with E-state index in [-0.39, 0.29) is 31.2 Å². The molecule has 5 heteroatoms. The van der Waals surface area contributed by atoms with Crippen LogP contribution in [-0.2, 0) is 4.79 Å². The highest BCUT2D eigenvalue weighted by molar-refractivity contribution is 5.76. The Hall–Kier alpha value is -1.62. The minimum Gasteiger partial charge on any atom is -0.490 e. The number of amides is 1. The van der Waals surface area contributed by atoms with Crippen LogP contribution in [0.3, 0.4) is 0 Å². The molecule has 0 atom stereocenters. The third kappa shape index (κ3) is 5.70. The van der Waals surface area contributed by atoms with E-state index in [1.807, 2.05) is 0 Å². The molecule has 0 heterocycles. The first kappa shape index (κ1) is 15.4. The second-order valence-electron chi connectivity index (χ2n) is 5.09. The first-order valence-corrected chi connectivity index (χ1v) is 6.13. The number of para-hydroxylation sites is 1. The quantitative estimate of drug-likeness (QED) is 0.857. The molecule has 1 N–H and O–H groups in total. The van der Waals surface area contributed by atoms with Gasteiger partial charge in [0.25, 0.3) is 0 Å². The molecular weight excluding hydrogens is 249 g/mol. The van der Waals surface area contributed by atoms with Gasteiger partial charge in [0, 0.05) is 13.6 Å². The van der Waals surface area contributed by atoms with E-state index in [2.05, 4.69) is 0 Å². The monoisotopic (exact) mass is 269 g/mol. The summed E-state index contributed by atoms with van der Waals surface area (Å²) in [6.45, 7) is 3.61. The van der Waals surface area contributed by atoms with Crippen LogP contribution in [0.25, 0.3) is 0 Å². The van der Waals surface area contributed by atoms with Gasteiger partial charge < -0.3 is 14.7 Å². The van der Waals surface area contributed by atoms with E-state index in [0.29, 0.717) is 0 Å². The number of hydrogen-bond donors (Lipinski definition) is 1. The maximum atomic E-state index is 13.2. The Morgan fingerprint density at radius 2 is 2.05 bits per heavy atom. The summed E-state index contributed by atoms with van der Waals surface area (Å²) < 4.78 is 18.4. The fourth-order valence-corrected chi connectivity index (χ4v) is 1.67. The second kappa shape index (κ2) is 6.52. The van der Waals surface area contributed by atoms with Crippen molar-refractivity contribution in [1.29, 1.82) is 0 Å². The number of benzene rings is 1. The van der Waals surface area contributed by atoms with Crippen molar-refractivity contribution >= 4 is 5.91 Å². The lowest BCUT2D eigenvalue weighted by Crippen LogP contribution is -2.40. The topological polar surface area (TPSA) is 49.8 Å². The third-order valence-corrected chi connectivity index (χ3v) is 2.46. The Balaban J connectivity index is 2.37. The summed E-state index contributed by atoms with van der Waals surface area (Å²) in [4.78, 5) is 13.2. The molecule has 0 aliphatic carbocycles. The summed E-state index contributed by atoms with van der Waals surface area (Å²) in [7, 11) is 1.61. The number of carbonyl (C=O) groups is 1. The molecule has 0 unspecified atom stereocenters. The van der Waals surface area contributed by atoms with Gasteiger partial charge in [-0.1, -0.05) is 12.1 Å². The molecule has 106 valence electrons. The molecule has 0 spiro atoms. The number of rotatable bonds is 6. The molecule has 0 radical (unpaired) electrons. The van der Waals surface area contributed by atoms with E-state index in [1.54, 1.807) is 33.0 Å². The fourth-order valence-electron chi connectivity index (χ4n) is 1.67. The predicted octanol–water partition coefficient (Wildman–Crippen LogP) is 1.82. The Morgan fingerprint density at radius 3 is 2.63 bits per heavy atom. The van der Waals surface area contributed by atoms with Crippen LogP contribution in [0, 0.1) is 5.82 Å². The van der Waals surface area contributed by atoms with E-state index in [0.717, 1.165) is 0 Å². The molecule has 1 aromatic carbocycles. The molecule has 19 heavy (non-hydrogen) atoms. The van der Waals surface area contributed by atoms with E-state index >= 15 is 0 Å². The zero-order valence-electron chi connectivity index (χ0n) is 11.5. The van der Waals surface area contributed by atoms with Crippen LogP contribution in [0.15, 0.2) is 24.3 Å². The summed E-state index contributed by atoms with van der Waals surface area (Å²) in [5.41, 5.74) is -0.934. The summed E-state index contributed by atoms with van der Waals surface area (Å²) in [6, 6.07) is 6.06. The van der Waals surface area contributed by atoms with Gasteiger partial charge in [0.05, 0.1) is 18.6 Å². The molecule has 1 aromatic rings. The first-order valence-electron chi connectivity index (χ1n) is 6.13. The van der Waals surface area contributed by atoms with Crippen LogP contribution >= 0.6 is 0 Å². The summed E-state index contributed by atoms with van der Waals surface area (Å²) >= 11 is 0. The lowest BCUT2D eigenvalue weighted by atomic mass is 10.1. The average Bonchev–Trinajstić information content (AvgIpc) is 2.29. The molecule has 0 fully saturated rings. The van der Waals surface area contributed by atoms with Crippen LogP contribution in [0.5, 0.6) is 5.75 Å². The van der Waals surface area contributed by atoms with Gasteiger partial charge in [-0.05, 0) is 26.0 Å². The molecule has 0 aliphatic rings. The zero-order chi connectivity index (χ0) is 14.5. The minimum absolute atomic E-state index is 0.107. The number of nitrogens with zero attached hydrogens (tertiary/aromatic N) is 1. The molecular formula is C14H20FNO3. The van der Waals surface area contributed by atoms with Crippen molar-refractivity contribution in [3.8, 4) is 5.75 Å². The van der Waals surface area contributed by atoms with Crippen molar-refractivity contribution in [3.63, 3.8) is 0 Å². The molecule has 0 saturated carbocycles. The van der Waals surface area contributed by atoms with Crippen LogP contribution in [0.2, 0.25) is 0 Å². The van der Waals surface area contributed by atoms with Crippen molar-refractivity contribution in [2.75, 3.05) is 20.2 Å². The van der Waals surface area contributed by atoms with Gasteiger partial charge in [-0.15, -0.1) is 0 Å². The van der Waals surface area contributed by atoms with Gasteiger partial charge in [0.1, 0.15) is 0 Å². The van der Waals surface area contributed by atoms with Crippen molar-refractivity contribution < 1.29 is 19.0 Å². The molecule has 4 nitrogen and oxygen atoms in total. The van der Waals surface area contributed by atoms with Crippen molar-refractivity contribution in [2.24, 2.45) is 0 Å². The molecule has 0 saturated heterocycles. The van der Waals surface area contributed by atoms with Crippen LogP contribution in [-0.4, -0.2) is 41.7 Å². The van der Waals surface area contributed by atoms with Crippen LogP contribution in [0.1, 0.15) is 20.3 Å². The van der Waals surface area contributed by atoms with E-state index < -0.39 is 11.4 Å². The number of halogens is 1. The average molecular weight is 269 g/mol. The minimum atomic E-state index is -0.934. The van der Waals surface area contributed by atoms with E-state index in [9.17, 15) is 14.3 Å². The Kier molecular flexibility index (Phi) is 5.30. The van der Waals surface area contributed by atoms with E-state index in [1.165, 1.54) is 17.0 Å². The van der Waals surface area contributed by atoms with Crippen LogP contribution in [0.4, 0.5) is 4.39 Å². The molecule has 0 bridgehead atoms. The van der Waals surface area contributed by atoms with Crippen LogP contribution < -0.4 is 4.74 Å². The SMILES string of the molecule is CN(CC(C)(C)O)C(=O)CCOc1ccccc1F. The van der Waals surface area contributed by atoms with Crippen molar-refractivity contribution in [1.82, 2.24) is 4.90 Å². The number of aliphatic hydroxyl groups is 1. The van der Waals surface area contributed by atoms with Gasteiger partial charge in [0.15, 0.2) is 11.6 Å². The Morgan fingerprint density at radius 1 is 1.42 bits per heavy atom. The summed E-state index contributed by atoms with van der Waals surface area (Å²) in [5.74, 6) is -0.460. The summed E-state index contributed by atoms with van der Waals surface area (Å²) in [5, 5.41) is 9.60. The number of likely N-dealkylation sites (N-methyl/N-ethyl adjacent to an activating group) is 1. The lowest BCUT2D eigenvalue weighted by Gasteiger charge is -2.25. The van der Waals surface area contributed by atoms with Gasteiger partial charge in [-0.25, -0.2) is 4.39 Å². The highest BCUT2D eigenvalue weighted by atomic mass is 19.1. The largest absolute Gasteiger partial charge is 0.490 e. The maximum absolute atomic E-state index is 13.2. The number of ether oxygens (including phenoxy) is 1. The van der Waals surface area contributed by atoms with Gasteiger partial charge in [-0.2, -0.15) is 0 Å². The Labute approximate surface area is 112 Å². The Bertz CT molecular complexity index is 429. The fraction of sp³-hybridized carbons (Fsp3) is 0.500. The molecule has 1 amide bonds. The van der Waals surface area contributed by atoms with E-state index in [4.69, 9.17) is 4.74 Å². The second-order valence-corrected chi connectivity index (χ2v) is 5.09. The van der Waals surface area contributed by atoms with Gasteiger partial charge in [0.2, 0.25) is 5.91 Å². The normalized spacial score (nSPS) is 11.2. The summed E-state index contributed by atoms with van der Waals surface area (Å²) in [6.07, 6.45) is 0.140. The number of hydrogen-bond acceptors (Lipinski definition) is 3.